The first kappa shape index (κ1) is 14.7. The molecule has 108 valence electrons. The van der Waals surface area contributed by atoms with Crippen molar-refractivity contribution in [2.75, 3.05) is 6.61 Å². The second-order valence-corrected chi connectivity index (χ2v) is 6.20. The Morgan fingerprint density at radius 2 is 2.05 bits per heavy atom. The normalized spacial score (nSPS) is 13.5. The summed E-state index contributed by atoms with van der Waals surface area (Å²) in [4.78, 5) is 11.1. The molecule has 2 aromatic rings. The topological polar surface area (TPSA) is 96.6 Å². The summed E-state index contributed by atoms with van der Waals surface area (Å²) in [5.41, 5.74) is -0.150. The summed E-state index contributed by atoms with van der Waals surface area (Å²) in [6.45, 7) is 1.58. The molecule has 1 aromatic carbocycles. The third-order valence-corrected chi connectivity index (χ3v) is 4.41. The van der Waals surface area contributed by atoms with Crippen molar-refractivity contribution in [3.05, 3.63) is 40.8 Å². The van der Waals surface area contributed by atoms with Crippen LogP contribution in [0.25, 0.3) is 11.0 Å². The summed E-state index contributed by atoms with van der Waals surface area (Å²) >= 11 is 0. The van der Waals surface area contributed by atoms with Gasteiger partial charge in [-0.15, -0.1) is 0 Å². The van der Waals surface area contributed by atoms with Crippen LogP contribution in [0.1, 0.15) is 13.3 Å². The van der Waals surface area contributed by atoms with Gasteiger partial charge < -0.3 is 9.52 Å². The Bertz CT molecular complexity index is 766. The molecular weight excluding hydrogens is 282 g/mol. The lowest BCUT2D eigenvalue weighted by atomic mass is 10.2. The minimum atomic E-state index is -3.66. The number of fused-ring (bicyclic) bond motifs is 1. The molecular formula is C13H15NO5S. The zero-order valence-electron chi connectivity index (χ0n) is 10.9. The van der Waals surface area contributed by atoms with Crippen molar-refractivity contribution in [3.8, 4) is 0 Å². The number of nitrogens with one attached hydrogen (secondary N) is 1. The predicted octanol–water partition coefficient (Wildman–Crippen LogP) is 0.842. The molecule has 1 atom stereocenters. The maximum Gasteiger partial charge on any atom is 0.336 e. The Kier molecular flexibility index (Phi) is 4.22. The van der Waals surface area contributed by atoms with Gasteiger partial charge in [-0.3, -0.25) is 0 Å². The van der Waals surface area contributed by atoms with Gasteiger partial charge in [0.25, 0.3) is 0 Å². The predicted molar refractivity (Wildman–Crippen MR) is 74.0 cm³/mol. The van der Waals surface area contributed by atoms with Gasteiger partial charge in [0, 0.05) is 24.1 Å². The quantitative estimate of drug-likeness (QED) is 0.797. The van der Waals surface area contributed by atoms with Gasteiger partial charge in [0.1, 0.15) is 5.58 Å². The smallest absolute Gasteiger partial charge is 0.336 e. The fraction of sp³-hybridized carbons (Fsp3) is 0.308. The minimum absolute atomic E-state index is 0.0867. The molecule has 2 N–H and O–H groups in total. The van der Waals surface area contributed by atoms with Crippen LogP contribution in [0.5, 0.6) is 0 Å². The molecule has 0 fully saturated rings. The first-order valence-electron chi connectivity index (χ1n) is 6.09. The second kappa shape index (κ2) is 5.74. The van der Waals surface area contributed by atoms with Crippen LogP contribution in [0.2, 0.25) is 0 Å². The highest BCUT2D eigenvalue weighted by atomic mass is 32.2. The Labute approximate surface area is 116 Å². The molecule has 1 unspecified atom stereocenters. The van der Waals surface area contributed by atoms with E-state index in [2.05, 4.69) is 4.72 Å². The molecule has 0 amide bonds. The van der Waals surface area contributed by atoms with Crippen molar-refractivity contribution in [1.29, 1.82) is 0 Å². The summed E-state index contributed by atoms with van der Waals surface area (Å²) in [5, 5.41) is 9.32. The van der Waals surface area contributed by atoms with Crippen molar-refractivity contribution < 1.29 is 17.9 Å². The van der Waals surface area contributed by atoms with Crippen LogP contribution in [-0.4, -0.2) is 26.2 Å². The van der Waals surface area contributed by atoms with E-state index in [4.69, 9.17) is 9.52 Å². The van der Waals surface area contributed by atoms with Gasteiger partial charge in [-0.1, -0.05) is 0 Å². The third-order valence-electron chi connectivity index (χ3n) is 2.82. The number of hydrogen-bond donors (Lipinski definition) is 2. The van der Waals surface area contributed by atoms with E-state index in [0.717, 1.165) is 0 Å². The summed E-state index contributed by atoms with van der Waals surface area (Å²) in [7, 11) is -3.66. The van der Waals surface area contributed by atoms with Crippen LogP contribution in [0.3, 0.4) is 0 Å². The van der Waals surface area contributed by atoms with E-state index in [1.165, 1.54) is 30.3 Å². The summed E-state index contributed by atoms with van der Waals surface area (Å²) < 4.78 is 31.7. The van der Waals surface area contributed by atoms with Gasteiger partial charge in [-0.05, 0) is 37.6 Å². The maximum atomic E-state index is 12.1. The van der Waals surface area contributed by atoms with E-state index in [1.54, 1.807) is 6.92 Å². The number of aliphatic hydroxyl groups excluding tert-OH is 1. The number of rotatable bonds is 5. The van der Waals surface area contributed by atoms with Crippen LogP contribution in [0, 0.1) is 0 Å². The van der Waals surface area contributed by atoms with Gasteiger partial charge in [0.2, 0.25) is 10.0 Å². The van der Waals surface area contributed by atoms with Crippen LogP contribution in [-0.2, 0) is 10.0 Å². The Hall–Kier alpha value is -1.70. The molecule has 0 aliphatic rings. The van der Waals surface area contributed by atoms with E-state index < -0.39 is 15.6 Å². The average Bonchev–Trinajstić information content (AvgIpc) is 2.37. The van der Waals surface area contributed by atoms with Gasteiger partial charge in [-0.2, -0.15) is 0 Å². The van der Waals surface area contributed by atoms with E-state index in [-0.39, 0.29) is 17.5 Å². The van der Waals surface area contributed by atoms with Crippen molar-refractivity contribution >= 4 is 21.0 Å². The molecule has 0 saturated heterocycles. The van der Waals surface area contributed by atoms with Crippen LogP contribution in [0.4, 0.5) is 0 Å². The summed E-state index contributed by atoms with van der Waals surface area (Å²) in [6.07, 6.45) is 0.335. The molecule has 7 heteroatoms. The van der Waals surface area contributed by atoms with Gasteiger partial charge in [0.05, 0.1) is 4.90 Å². The van der Waals surface area contributed by atoms with Gasteiger partial charge in [0.15, 0.2) is 0 Å². The fourth-order valence-electron chi connectivity index (χ4n) is 1.80. The highest BCUT2D eigenvalue weighted by Gasteiger charge is 2.17. The molecule has 0 spiro atoms. The van der Waals surface area contributed by atoms with Crippen molar-refractivity contribution in [3.63, 3.8) is 0 Å². The standard InChI is InChI=1S/C13H15NO5S/c1-9(6-7-15)14-20(17,18)11-3-4-12-10(8-11)2-5-13(16)19-12/h2-5,8-9,14-15H,6-7H2,1H3. The first-order valence-corrected chi connectivity index (χ1v) is 7.58. The lowest BCUT2D eigenvalue weighted by molar-refractivity contribution is 0.275. The lowest BCUT2D eigenvalue weighted by Crippen LogP contribution is -2.33. The molecule has 1 aromatic heterocycles. The monoisotopic (exact) mass is 297 g/mol. The molecule has 0 radical (unpaired) electrons. The van der Waals surface area contributed by atoms with Gasteiger partial charge >= 0.3 is 5.63 Å². The van der Waals surface area contributed by atoms with Crippen molar-refractivity contribution in [2.45, 2.75) is 24.3 Å². The Balaban J connectivity index is 2.37. The average molecular weight is 297 g/mol. The van der Waals surface area contributed by atoms with E-state index in [1.807, 2.05) is 0 Å². The molecule has 0 aliphatic heterocycles. The lowest BCUT2D eigenvalue weighted by Gasteiger charge is -2.13. The summed E-state index contributed by atoms with van der Waals surface area (Å²) in [6, 6.07) is 6.64. The molecule has 0 bridgehead atoms. The molecule has 20 heavy (non-hydrogen) atoms. The minimum Gasteiger partial charge on any atom is -0.423 e. The summed E-state index contributed by atoms with van der Waals surface area (Å²) in [5.74, 6) is 0. The van der Waals surface area contributed by atoms with Gasteiger partial charge in [-0.25, -0.2) is 17.9 Å². The van der Waals surface area contributed by atoms with E-state index >= 15 is 0 Å². The molecule has 0 saturated carbocycles. The first-order chi connectivity index (χ1) is 9.42. The van der Waals surface area contributed by atoms with Crippen LogP contribution in [0.15, 0.2) is 44.4 Å². The fourth-order valence-corrected chi connectivity index (χ4v) is 3.12. The number of aliphatic hydroxyl groups is 1. The number of benzene rings is 1. The molecule has 6 nitrogen and oxygen atoms in total. The zero-order valence-corrected chi connectivity index (χ0v) is 11.7. The third kappa shape index (κ3) is 3.24. The van der Waals surface area contributed by atoms with Crippen molar-refractivity contribution in [1.82, 2.24) is 4.72 Å². The zero-order chi connectivity index (χ0) is 14.8. The Morgan fingerprint density at radius 1 is 1.30 bits per heavy atom. The SMILES string of the molecule is CC(CCO)NS(=O)(=O)c1ccc2oc(=O)ccc2c1. The molecule has 0 aliphatic carbocycles. The van der Waals surface area contributed by atoms with Crippen molar-refractivity contribution in [2.24, 2.45) is 0 Å². The Morgan fingerprint density at radius 3 is 2.75 bits per heavy atom. The maximum absolute atomic E-state index is 12.1. The highest BCUT2D eigenvalue weighted by Crippen LogP contribution is 2.18. The number of sulfonamides is 1. The molecule has 2 rings (SSSR count). The highest BCUT2D eigenvalue weighted by molar-refractivity contribution is 7.89. The second-order valence-electron chi connectivity index (χ2n) is 4.49. The van der Waals surface area contributed by atoms with E-state index in [9.17, 15) is 13.2 Å². The molecule has 1 heterocycles. The van der Waals surface area contributed by atoms with E-state index in [0.29, 0.717) is 17.4 Å². The van der Waals surface area contributed by atoms with Crippen LogP contribution >= 0.6 is 0 Å². The number of hydrogen-bond acceptors (Lipinski definition) is 5. The van der Waals surface area contributed by atoms with Crippen LogP contribution < -0.4 is 10.3 Å². The largest absolute Gasteiger partial charge is 0.423 e.